The van der Waals surface area contributed by atoms with Crippen molar-refractivity contribution >= 4 is 40.9 Å². The summed E-state index contributed by atoms with van der Waals surface area (Å²) in [6.45, 7) is 7.99. The van der Waals surface area contributed by atoms with Crippen LogP contribution in [0, 0.1) is 20.8 Å². The van der Waals surface area contributed by atoms with Crippen LogP contribution in [0.1, 0.15) is 40.8 Å². The Balaban J connectivity index is 1.50. The highest BCUT2D eigenvalue weighted by atomic mass is 35.5. The summed E-state index contributed by atoms with van der Waals surface area (Å²) in [7, 11) is 0. The molecule has 0 aliphatic carbocycles. The van der Waals surface area contributed by atoms with E-state index in [1.807, 2.05) is 57.2 Å². The molecule has 3 aromatic carbocycles. The van der Waals surface area contributed by atoms with Crippen molar-refractivity contribution in [2.24, 2.45) is 0 Å². The van der Waals surface area contributed by atoms with Crippen molar-refractivity contribution in [1.82, 2.24) is 14.8 Å². The van der Waals surface area contributed by atoms with Crippen molar-refractivity contribution in [3.8, 4) is 0 Å². The minimum atomic E-state index is -0.531. The average molecular weight is 530 g/mol. The van der Waals surface area contributed by atoms with Crippen LogP contribution in [0.5, 0.6) is 0 Å². The third kappa shape index (κ3) is 5.29. The van der Waals surface area contributed by atoms with Crippen molar-refractivity contribution in [1.29, 1.82) is 0 Å². The molecule has 0 saturated heterocycles. The molecule has 0 spiro atoms. The molecule has 37 heavy (non-hydrogen) atoms. The number of hydrogen-bond donors (Lipinski definition) is 2. The molecule has 0 unspecified atom stereocenters. The Morgan fingerprint density at radius 1 is 1.03 bits per heavy atom. The van der Waals surface area contributed by atoms with Crippen LogP contribution in [0.3, 0.4) is 0 Å². The van der Waals surface area contributed by atoms with Gasteiger partial charge in [-0.1, -0.05) is 89.1 Å². The van der Waals surface area contributed by atoms with E-state index in [0.717, 1.165) is 28.1 Å². The number of thioether (sulfide) groups is 1. The summed E-state index contributed by atoms with van der Waals surface area (Å²) in [6, 6.07) is 21.4. The van der Waals surface area contributed by atoms with Crippen molar-refractivity contribution in [3.63, 3.8) is 0 Å². The summed E-state index contributed by atoms with van der Waals surface area (Å²) >= 11 is 8.22. The highest BCUT2D eigenvalue weighted by Crippen LogP contribution is 2.39. The van der Waals surface area contributed by atoms with Crippen molar-refractivity contribution < 1.29 is 4.79 Å². The number of aryl methyl sites for hydroxylation is 3. The van der Waals surface area contributed by atoms with Gasteiger partial charge in [0.1, 0.15) is 6.04 Å². The molecule has 6 nitrogen and oxygen atoms in total. The van der Waals surface area contributed by atoms with E-state index >= 15 is 0 Å². The first-order chi connectivity index (χ1) is 17.8. The fourth-order valence-electron chi connectivity index (χ4n) is 4.56. The summed E-state index contributed by atoms with van der Waals surface area (Å²) in [4.78, 5) is 18.5. The lowest BCUT2D eigenvalue weighted by molar-refractivity contribution is -0.113. The third-order valence-corrected chi connectivity index (χ3v) is 7.61. The largest absolute Gasteiger partial charge is 0.328 e. The van der Waals surface area contributed by atoms with E-state index < -0.39 is 6.04 Å². The van der Waals surface area contributed by atoms with Gasteiger partial charge >= 0.3 is 0 Å². The number of halogens is 1. The van der Waals surface area contributed by atoms with Gasteiger partial charge in [0.2, 0.25) is 11.1 Å². The fourth-order valence-corrected chi connectivity index (χ4v) is 5.58. The Hall–Kier alpha value is -3.55. The topological polar surface area (TPSA) is 71.8 Å². The van der Waals surface area contributed by atoms with E-state index in [2.05, 4.69) is 47.9 Å². The Labute approximate surface area is 226 Å². The van der Waals surface area contributed by atoms with Crippen LogP contribution in [0.2, 0.25) is 5.02 Å². The molecule has 188 valence electrons. The van der Waals surface area contributed by atoms with Gasteiger partial charge in [0.25, 0.3) is 5.91 Å². The summed E-state index contributed by atoms with van der Waals surface area (Å²) in [5, 5.41) is 12.4. The van der Waals surface area contributed by atoms with Crippen LogP contribution in [-0.2, 0) is 10.5 Å². The Morgan fingerprint density at radius 3 is 2.57 bits per heavy atom. The van der Waals surface area contributed by atoms with E-state index in [1.165, 1.54) is 11.1 Å². The monoisotopic (exact) mass is 529 g/mol. The van der Waals surface area contributed by atoms with E-state index in [4.69, 9.17) is 21.7 Å². The SMILES string of the molecule is CC1=C(C(=O)Nc2ccc(C)cc2C)[C@@H](c2ccccc2Cl)n2nc(SCc3cccc(C)c3)nc2N1. The number of allylic oxidation sites excluding steroid dienone is 1. The van der Waals surface area contributed by atoms with Gasteiger partial charge in [0, 0.05) is 27.7 Å². The van der Waals surface area contributed by atoms with Crippen LogP contribution in [-0.4, -0.2) is 20.7 Å². The zero-order valence-corrected chi connectivity index (χ0v) is 22.7. The lowest BCUT2D eigenvalue weighted by Gasteiger charge is -2.29. The van der Waals surface area contributed by atoms with Gasteiger partial charge in [0.05, 0.1) is 5.57 Å². The fraction of sp³-hybridized carbons (Fsp3) is 0.207. The van der Waals surface area contributed by atoms with E-state index in [0.29, 0.717) is 27.4 Å². The Morgan fingerprint density at radius 2 is 1.81 bits per heavy atom. The van der Waals surface area contributed by atoms with Crippen molar-refractivity contribution in [2.45, 2.75) is 44.6 Å². The number of carbonyl (C=O) groups is 1. The molecule has 1 atom stereocenters. The molecule has 2 N–H and O–H groups in total. The number of benzene rings is 3. The predicted molar refractivity (Wildman–Crippen MR) is 151 cm³/mol. The maximum absolute atomic E-state index is 13.8. The number of anilines is 2. The maximum atomic E-state index is 13.8. The number of carbonyl (C=O) groups excluding carboxylic acids is 1. The molecule has 1 aliphatic heterocycles. The maximum Gasteiger partial charge on any atom is 0.255 e. The smallest absolute Gasteiger partial charge is 0.255 e. The second-order valence-corrected chi connectivity index (χ2v) is 10.7. The molecule has 0 bridgehead atoms. The molecule has 2 heterocycles. The first-order valence-corrected chi connectivity index (χ1v) is 13.4. The van der Waals surface area contributed by atoms with E-state index in [9.17, 15) is 4.79 Å². The minimum absolute atomic E-state index is 0.211. The van der Waals surface area contributed by atoms with Gasteiger partial charge in [-0.05, 0) is 51.0 Å². The number of aromatic nitrogens is 3. The lowest BCUT2D eigenvalue weighted by atomic mass is 9.95. The number of hydrogen-bond acceptors (Lipinski definition) is 5. The zero-order chi connectivity index (χ0) is 26.1. The van der Waals surface area contributed by atoms with Gasteiger partial charge in [-0.25, -0.2) is 4.68 Å². The van der Waals surface area contributed by atoms with Crippen LogP contribution >= 0.6 is 23.4 Å². The molecule has 1 aromatic heterocycles. The number of amides is 1. The molecule has 0 fully saturated rings. The minimum Gasteiger partial charge on any atom is -0.328 e. The molecule has 5 rings (SSSR count). The van der Waals surface area contributed by atoms with Gasteiger partial charge < -0.3 is 10.6 Å². The molecule has 0 radical (unpaired) electrons. The summed E-state index contributed by atoms with van der Waals surface area (Å²) in [5.74, 6) is 1.11. The quantitative estimate of drug-likeness (QED) is 0.261. The van der Waals surface area contributed by atoms with Gasteiger partial charge in [0.15, 0.2) is 0 Å². The normalized spacial score (nSPS) is 14.8. The lowest BCUT2D eigenvalue weighted by Crippen LogP contribution is -2.31. The third-order valence-electron chi connectivity index (χ3n) is 6.36. The second-order valence-electron chi connectivity index (χ2n) is 9.30. The van der Waals surface area contributed by atoms with Gasteiger partial charge in [-0.15, -0.1) is 5.10 Å². The number of nitrogens with zero attached hydrogens (tertiary/aromatic N) is 3. The first-order valence-electron chi connectivity index (χ1n) is 12.1. The molecular weight excluding hydrogens is 502 g/mol. The number of rotatable bonds is 6. The summed E-state index contributed by atoms with van der Waals surface area (Å²) < 4.78 is 1.77. The molecule has 1 amide bonds. The molecule has 0 saturated carbocycles. The molecular formula is C29H28ClN5OS. The first kappa shape index (κ1) is 25.1. The zero-order valence-electron chi connectivity index (χ0n) is 21.2. The van der Waals surface area contributed by atoms with Gasteiger partial charge in [-0.2, -0.15) is 4.98 Å². The van der Waals surface area contributed by atoms with Crippen LogP contribution in [0.4, 0.5) is 11.6 Å². The summed E-state index contributed by atoms with van der Waals surface area (Å²) in [5.41, 5.74) is 7.38. The van der Waals surface area contributed by atoms with Crippen molar-refractivity contribution in [2.75, 3.05) is 10.6 Å². The van der Waals surface area contributed by atoms with Crippen molar-refractivity contribution in [3.05, 3.63) is 111 Å². The van der Waals surface area contributed by atoms with E-state index in [-0.39, 0.29) is 5.91 Å². The summed E-state index contributed by atoms with van der Waals surface area (Å²) in [6.07, 6.45) is 0. The van der Waals surface area contributed by atoms with E-state index in [1.54, 1.807) is 16.4 Å². The Kier molecular flexibility index (Phi) is 7.09. The van der Waals surface area contributed by atoms with Crippen LogP contribution in [0.15, 0.2) is 83.2 Å². The predicted octanol–water partition coefficient (Wildman–Crippen LogP) is 7.08. The molecule has 1 aliphatic rings. The molecule has 4 aromatic rings. The number of nitrogens with one attached hydrogen (secondary N) is 2. The second kappa shape index (κ2) is 10.4. The average Bonchev–Trinajstić information content (AvgIpc) is 3.26. The Bertz CT molecular complexity index is 1530. The van der Waals surface area contributed by atoms with Gasteiger partial charge in [-0.3, -0.25) is 4.79 Å². The highest BCUT2D eigenvalue weighted by Gasteiger charge is 2.35. The van der Waals surface area contributed by atoms with Crippen LogP contribution in [0.25, 0.3) is 0 Å². The number of fused-ring (bicyclic) bond motifs is 1. The standard InChI is InChI=1S/C29H28ClN5OS/c1-17-8-7-9-21(15-17)16-37-29-33-28-31-20(4)25(27(36)32-24-13-12-18(2)14-19(24)3)26(35(28)34-29)22-10-5-6-11-23(22)30/h5-15,26H,16H2,1-4H3,(H,32,36)(H,31,33,34)/t26-/m1/s1. The highest BCUT2D eigenvalue weighted by molar-refractivity contribution is 7.98. The van der Waals surface area contributed by atoms with Crippen LogP contribution < -0.4 is 10.6 Å². The molecule has 8 heteroatoms.